The Balaban J connectivity index is 2.36. The largest absolute Gasteiger partial charge is 0.377 e. The summed E-state index contributed by atoms with van der Waals surface area (Å²) in [5.41, 5.74) is 0.471. The van der Waals surface area contributed by atoms with Crippen molar-refractivity contribution < 1.29 is 13.9 Å². The van der Waals surface area contributed by atoms with Crippen molar-refractivity contribution in [2.45, 2.75) is 32.4 Å². The summed E-state index contributed by atoms with van der Waals surface area (Å²) in [4.78, 5) is 0. The van der Waals surface area contributed by atoms with Gasteiger partial charge >= 0.3 is 0 Å². The molecule has 108 valence electrons. The Labute approximate surface area is 115 Å². The molecule has 4 heteroatoms. The lowest BCUT2D eigenvalue weighted by molar-refractivity contribution is -0.0372. The number of rotatable bonds is 7. The lowest BCUT2D eigenvalue weighted by Crippen LogP contribution is -2.25. The van der Waals surface area contributed by atoms with Crippen molar-refractivity contribution in [2.75, 3.05) is 26.9 Å². The van der Waals surface area contributed by atoms with E-state index in [1.807, 2.05) is 26.8 Å². The molecule has 0 aliphatic carbocycles. The standard InChI is InChI=1S/C15H24FNO2/c1-15(2,3)19-10-9-18-11-14(17-4)12-7-5-6-8-13(12)16/h5-8,14,17H,9-11H2,1-4H3. The highest BCUT2D eigenvalue weighted by molar-refractivity contribution is 5.21. The van der Waals surface area contributed by atoms with Crippen molar-refractivity contribution in [3.63, 3.8) is 0 Å². The van der Waals surface area contributed by atoms with Gasteiger partial charge in [-0.15, -0.1) is 0 Å². The van der Waals surface area contributed by atoms with Crippen molar-refractivity contribution in [3.05, 3.63) is 35.6 Å². The molecule has 1 unspecified atom stereocenters. The Bertz CT molecular complexity index is 377. The monoisotopic (exact) mass is 269 g/mol. The molecule has 0 heterocycles. The minimum Gasteiger partial charge on any atom is -0.377 e. The van der Waals surface area contributed by atoms with E-state index >= 15 is 0 Å². The normalized spacial score (nSPS) is 13.5. The first-order chi connectivity index (χ1) is 8.94. The Morgan fingerprint density at radius 2 is 1.89 bits per heavy atom. The van der Waals surface area contributed by atoms with Gasteiger partial charge < -0.3 is 14.8 Å². The molecule has 1 atom stereocenters. The highest BCUT2D eigenvalue weighted by atomic mass is 19.1. The molecule has 0 radical (unpaired) electrons. The number of likely N-dealkylation sites (N-methyl/N-ethyl adjacent to an activating group) is 1. The van der Waals surface area contributed by atoms with Crippen LogP contribution in [0.25, 0.3) is 0 Å². The van der Waals surface area contributed by atoms with Crippen LogP contribution in [0.1, 0.15) is 32.4 Å². The van der Waals surface area contributed by atoms with Crippen molar-refractivity contribution in [1.82, 2.24) is 5.32 Å². The minimum atomic E-state index is -0.212. The van der Waals surface area contributed by atoms with Crippen molar-refractivity contribution in [3.8, 4) is 0 Å². The first-order valence-corrected chi connectivity index (χ1v) is 6.57. The molecule has 0 fully saturated rings. The van der Waals surface area contributed by atoms with E-state index in [2.05, 4.69) is 5.32 Å². The van der Waals surface area contributed by atoms with Crippen LogP contribution in [0.3, 0.4) is 0 Å². The molecule has 0 aromatic heterocycles. The summed E-state index contributed by atoms with van der Waals surface area (Å²) in [6.07, 6.45) is 0. The van der Waals surface area contributed by atoms with E-state index in [1.165, 1.54) is 6.07 Å². The fourth-order valence-corrected chi connectivity index (χ4v) is 1.69. The smallest absolute Gasteiger partial charge is 0.128 e. The molecule has 3 nitrogen and oxygen atoms in total. The maximum Gasteiger partial charge on any atom is 0.128 e. The van der Waals surface area contributed by atoms with E-state index < -0.39 is 0 Å². The zero-order chi connectivity index (χ0) is 14.3. The molecular weight excluding hydrogens is 245 g/mol. The topological polar surface area (TPSA) is 30.5 Å². The molecule has 0 aliphatic rings. The Morgan fingerprint density at radius 3 is 2.47 bits per heavy atom. The third kappa shape index (κ3) is 6.14. The predicted molar refractivity (Wildman–Crippen MR) is 74.7 cm³/mol. The molecule has 0 saturated heterocycles. The summed E-state index contributed by atoms with van der Waals surface area (Å²) >= 11 is 0. The van der Waals surface area contributed by atoms with Crippen molar-refractivity contribution in [1.29, 1.82) is 0 Å². The van der Waals surface area contributed by atoms with Crippen LogP contribution in [0.2, 0.25) is 0 Å². The summed E-state index contributed by atoms with van der Waals surface area (Å²) in [6.45, 7) is 7.47. The van der Waals surface area contributed by atoms with Gasteiger partial charge in [0.1, 0.15) is 5.82 Å². The molecule has 0 aliphatic heterocycles. The summed E-state index contributed by atoms with van der Waals surface area (Å²) in [5.74, 6) is -0.212. The molecule has 0 saturated carbocycles. The second-order valence-corrected chi connectivity index (χ2v) is 5.40. The van der Waals surface area contributed by atoms with E-state index in [4.69, 9.17) is 9.47 Å². The van der Waals surface area contributed by atoms with Crippen molar-refractivity contribution >= 4 is 0 Å². The van der Waals surface area contributed by atoms with Gasteiger partial charge in [0.25, 0.3) is 0 Å². The Hall–Kier alpha value is -0.970. The predicted octanol–water partition coefficient (Wildman–Crippen LogP) is 2.92. The highest BCUT2D eigenvalue weighted by Gasteiger charge is 2.14. The molecule has 0 bridgehead atoms. The Kier molecular flexibility index (Phi) is 6.42. The summed E-state index contributed by atoms with van der Waals surface area (Å²) in [5, 5.41) is 3.06. The lowest BCUT2D eigenvalue weighted by Gasteiger charge is -2.21. The van der Waals surface area contributed by atoms with Crippen LogP contribution in [0.5, 0.6) is 0 Å². The van der Waals surface area contributed by atoms with Crippen LogP contribution in [0.4, 0.5) is 4.39 Å². The highest BCUT2D eigenvalue weighted by Crippen LogP contribution is 2.16. The fourth-order valence-electron chi connectivity index (χ4n) is 1.69. The van der Waals surface area contributed by atoms with Gasteiger partial charge in [-0.05, 0) is 33.9 Å². The number of hydrogen-bond donors (Lipinski definition) is 1. The average molecular weight is 269 g/mol. The van der Waals surface area contributed by atoms with Gasteiger partial charge in [-0.2, -0.15) is 0 Å². The molecule has 1 rings (SSSR count). The van der Waals surface area contributed by atoms with Crippen LogP contribution < -0.4 is 5.32 Å². The first kappa shape index (κ1) is 16.1. The van der Waals surface area contributed by atoms with Gasteiger partial charge in [-0.3, -0.25) is 0 Å². The molecule has 19 heavy (non-hydrogen) atoms. The van der Waals surface area contributed by atoms with Gasteiger partial charge in [0.2, 0.25) is 0 Å². The first-order valence-electron chi connectivity index (χ1n) is 6.57. The van der Waals surface area contributed by atoms with Gasteiger partial charge in [0, 0.05) is 5.56 Å². The molecule has 1 aromatic rings. The van der Waals surface area contributed by atoms with Gasteiger partial charge in [0.05, 0.1) is 31.5 Å². The average Bonchev–Trinajstić information content (AvgIpc) is 2.34. The van der Waals surface area contributed by atoms with E-state index in [0.717, 1.165) is 0 Å². The lowest BCUT2D eigenvalue weighted by atomic mass is 10.1. The van der Waals surface area contributed by atoms with E-state index in [1.54, 1.807) is 19.2 Å². The molecule has 0 spiro atoms. The number of nitrogens with one attached hydrogen (secondary N) is 1. The van der Waals surface area contributed by atoms with Crippen LogP contribution in [0.15, 0.2) is 24.3 Å². The quantitative estimate of drug-likeness (QED) is 0.772. The van der Waals surface area contributed by atoms with E-state index in [-0.39, 0.29) is 17.5 Å². The van der Waals surface area contributed by atoms with Crippen LogP contribution in [-0.4, -0.2) is 32.5 Å². The molecule has 0 amide bonds. The SMILES string of the molecule is CNC(COCCOC(C)(C)C)c1ccccc1F. The van der Waals surface area contributed by atoms with Crippen LogP contribution in [-0.2, 0) is 9.47 Å². The second kappa shape index (κ2) is 7.58. The van der Waals surface area contributed by atoms with Crippen LogP contribution >= 0.6 is 0 Å². The van der Waals surface area contributed by atoms with Gasteiger partial charge in [-0.25, -0.2) is 4.39 Å². The zero-order valence-corrected chi connectivity index (χ0v) is 12.2. The van der Waals surface area contributed by atoms with E-state index in [0.29, 0.717) is 25.4 Å². The number of halogens is 1. The number of ether oxygens (including phenoxy) is 2. The molecular formula is C15H24FNO2. The molecule has 1 aromatic carbocycles. The number of benzene rings is 1. The Morgan fingerprint density at radius 1 is 1.21 bits per heavy atom. The second-order valence-electron chi connectivity index (χ2n) is 5.40. The fraction of sp³-hybridized carbons (Fsp3) is 0.600. The number of hydrogen-bond acceptors (Lipinski definition) is 3. The summed E-state index contributed by atoms with van der Waals surface area (Å²) in [6, 6.07) is 6.60. The summed E-state index contributed by atoms with van der Waals surface area (Å²) < 4.78 is 24.7. The van der Waals surface area contributed by atoms with Gasteiger partial charge in [0.15, 0.2) is 0 Å². The molecule has 1 N–H and O–H groups in total. The minimum absolute atomic E-state index is 0.143. The van der Waals surface area contributed by atoms with Gasteiger partial charge in [-0.1, -0.05) is 18.2 Å². The van der Waals surface area contributed by atoms with Crippen molar-refractivity contribution in [2.24, 2.45) is 0 Å². The third-order valence-corrected chi connectivity index (χ3v) is 2.68. The van der Waals surface area contributed by atoms with Crippen LogP contribution in [0, 0.1) is 5.82 Å². The maximum absolute atomic E-state index is 13.6. The zero-order valence-electron chi connectivity index (χ0n) is 12.2. The summed E-state index contributed by atoms with van der Waals surface area (Å²) in [7, 11) is 1.80. The van der Waals surface area contributed by atoms with E-state index in [9.17, 15) is 4.39 Å². The third-order valence-electron chi connectivity index (χ3n) is 2.68. The maximum atomic E-state index is 13.6.